The van der Waals surface area contributed by atoms with E-state index in [2.05, 4.69) is 20.4 Å². The Labute approximate surface area is 119 Å². The van der Waals surface area contributed by atoms with Crippen molar-refractivity contribution >= 4 is 5.78 Å². The molecule has 0 saturated carbocycles. The average molecular weight is 262 g/mol. The molecule has 0 radical (unpaired) electrons. The molecule has 0 bridgehead atoms. The van der Waals surface area contributed by atoms with E-state index in [0.29, 0.717) is 11.7 Å². The highest BCUT2D eigenvalue weighted by Gasteiger charge is 2.33. The molecule has 1 rings (SSSR count). The zero-order chi connectivity index (χ0) is 14.3. The van der Waals surface area contributed by atoms with E-state index in [9.17, 15) is 4.79 Å². The maximum absolute atomic E-state index is 11.9. The molecule has 2 atom stereocenters. The number of carbonyl (C=O) groups excluding carboxylic acids is 1. The van der Waals surface area contributed by atoms with Gasteiger partial charge in [0.2, 0.25) is 0 Å². The van der Waals surface area contributed by atoms with Gasteiger partial charge in [0.05, 0.1) is 0 Å². The van der Waals surface area contributed by atoms with Crippen LogP contribution in [0.25, 0.3) is 0 Å². The fraction of sp³-hybridized carbons (Fsp3) is 0.722. The zero-order valence-corrected chi connectivity index (χ0v) is 13.0. The minimum absolute atomic E-state index is 0.229. The average Bonchev–Trinajstić information content (AvgIpc) is 2.59. The SMILES string of the molecule is C=CCCCCCCCCC1C(C)=C(C)C(=O)C1C. The summed E-state index contributed by atoms with van der Waals surface area (Å²) in [5, 5.41) is 0. The Balaban J connectivity index is 2.13. The maximum atomic E-state index is 11.9. The highest BCUT2D eigenvalue weighted by molar-refractivity contribution is 6.00. The number of allylic oxidation sites excluding steroid dienone is 3. The van der Waals surface area contributed by atoms with Crippen molar-refractivity contribution in [3.63, 3.8) is 0 Å². The first-order chi connectivity index (χ1) is 9.09. The molecule has 1 aliphatic rings. The number of carbonyl (C=O) groups is 1. The van der Waals surface area contributed by atoms with Crippen molar-refractivity contribution in [3.8, 4) is 0 Å². The van der Waals surface area contributed by atoms with Crippen LogP contribution in [0, 0.1) is 11.8 Å². The molecule has 0 fully saturated rings. The van der Waals surface area contributed by atoms with Crippen LogP contribution >= 0.6 is 0 Å². The molecule has 1 aliphatic carbocycles. The fourth-order valence-electron chi connectivity index (χ4n) is 3.20. The molecular weight excluding hydrogens is 232 g/mol. The zero-order valence-electron chi connectivity index (χ0n) is 13.0. The third-order valence-corrected chi connectivity index (χ3v) is 4.71. The van der Waals surface area contributed by atoms with Crippen molar-refractivity contribution in [2.24, 2.45) is 11.8 Å². The summed E-state index contributed by atoms with van der Waals surface area (Å²) in [5.41, 5.74) is 2.38. The predicted molar refractivity (Wildman–Crippen MR) is 83.2 cm³/mol. The van der Waals surface area contributed by atoms with Gasteiger partial charge in [0.15, 0.2) is 5.78 Å². The Morgan fingerprint density at radius 3 is 2.16 bits per heavy atom. The van der Waals surface area contributed by atoms with Crippen molar-refractivity contribution < 1.29 is 4.79 Å². The Morgan fingerprint density at radius 2 is 1.63 bits per heavy atom. The van der Waals surface area contributed by atoms with Crippen LogP contribution < -0.4 is 0 Å². The Bertz CT molecular complexity index is 338. The number of ketones is 1. The number of unbranched alkanes of at least 4 members (excludes halogenated alkanes) is 6. The molecule has 0 aromatic rings. The molecule has 1 heteroatoms. The normalized spacial score (nSPS) is 23.2. The van der Waals surface area contributed by atoms with Gasteiger partial charge < -0.3 is 0 Å². The van der Waals surface area contributed by atoms with Gasteiger partial charge in [-0.15, -0.1) is 6.58 Å². The largest absolute Gasteiger partial charge is 0.294 e. The van der Waals surface area contributed by atoms with Gasteiger partial charge >= 0.3 is 0 Å². The number of Topliss-reactive ketones (excluding diaryl/α,β-unsaturated/α-hetero) is 1. The second-order valence-electron chi connectivity index (χ2n) is 6.05. The Kier molecular flexibility index (Phi) is 7.12. The van der Waals surface area contributed by atoms with E-state index in [1.54, 1.807) is 0 Å². The van der Waals surface area contributed by atoms with E-state index in [1.807, 2.05) is 13.0 Å². The minimum atomic E-state index is 0.229. The smallest absolute Gasteiger partial charge is 0.161 e. The van der Waals surface area contributed by atoms with E-state index >= 15 is 0 Å². The molecule has 0 aliphatic heterocycles. The van der Waals surface area contributed by atoms with E-state index < -0.39 is 0 Å². The lowest BCUT2D eigenvalue weighted by atomic mass is 9.88. The van der Waals surface area contributed by atoms with Crippen LogP contribution in [0.2, 0.25) is 0 Å². The summed E-state index contributed by atoms with van der Waals surface area (Å²) < 4.78 is 0. The standard InChI is InChI=1S/C18H30O/c1-5-6-7-8-9-10-11-12-13-17-14(2)15(3)18(19)16(17)4/h5,16-17H,1,6-13H2,2-4H3. The van der Waals surface area contributed by atoms with Crippen LogP contribution in [0.5, 0.6) is 0 Å². The number of hydrogen-bond acceptors (Lipinski definition) is 1. The Morgan fingerprint density at radius 1 is 1.05 bits per heavy atom. The topological polar surface area (TPSA) is 17.1 Å². The third-order valence-electron chi connectivity index (χ3n) is 4.71. The van der Waals surface area contributed by atoms with E-state index in [0.717, 1.165) is 12.0 Å². The fourth-order valence-corrected chi connectivity index (χ4v) is 3.20. The first-order valence-corrected chi connectivity index (χ1v) is 7.92. The van der Waals surface area contributed by atoms with Crippen LogP contribution in [0.1, 0.15) is 72.1 Å². The Hall–Kier alpha value is -0.850. The molecule has 0 aromatic carbocycles. The first-order valence-electron chi connectivity index (χ1n) is 7.92. The molecule has 0 aromatic heterocycles. The van der Waals surface area contributed by atoms with Crippen molar-refractivity contribution in [2.45, 2.75) is 72.1 Å². The van der Waals surface area contributed by atoms with Gasteiger partial charge in [-0.2, -0.15) is 0 Å². The summed E-state index contributed by atoms with van der Waals surface area (Å²) in [6.45, 7) is 9.99. The summed E-state index contributed by atoms with van der Waals surface area (Å²) in [5.74, 6) is 1.13. The monoisotopic (exact) mass is 262 g/mol. The molecule has 0 N–H and O–H groups in total. The molecular formula is C18H30O. The van der Waals surface area contributed by atoms with Gasteiger partial charge in [0.1, 0.15) is 0 Å². The van der Waals surface area contributed by atoms with Crippen molar-refractivity contribution in [1.82, 2.24) is 0 Å². The van der Waals surface area contributed by atoms with Gasteiger partial charge in [-0.05, 0) is 44.6 Å². The van der Waals surface area contributed by atoms with Crippen molar-refractivity contribution in [3.05, 3.63) is 23.8 Å². The number of rotatable bonds is 9. The van der Waals surface area contributed by atoms with E-state index in [-0.39, 0.29) is 5.92 Å². The molecule has 0 spiro atoms. The number of hydrogen-bond donors (Lipinski definition) is 0. The molecule has 108 valence electrons. The van der Waals surface area contributed by atoms with Gasteiger partial charge in [-0.1, -0.05) is 50.7 Å². The van der Waals surface area contributed by atoms with Crippen molar-refractivity contribution in [2.75, 3.05) is 0 Å². The predicted octanol–water partition coefficient (Wildman–Crippen LogP) is 5.46. The van der Waals surface area contributed by atoms with Gasteiger partial charge in [-0.3, -0.25) is 4.79 Å². The van der Waals surface area contributed by atoms with Crippen LogP contribution in [0.4, 0.5) is 0 Å². The molecule has 19 heavy (non-hydrogen) atoms. The third kappa shape index (κ3) is 4.63. The highest BCUT2D eigenvalue weighted by Crippen LogP contribution is 2.37. The second-order valence-corrected chi connectivity index (χ2v) is 6.05. The van der Waals surface area contributed by atoms with Crippen LogP contribution in [0.3, 0.4) is 0 Å². The molecule has 0 heterocycles. The van der Waals surface area contributed by atoms with Gasteiger partial charge in [0.25, 0.3) is 0 Å². The summed E-state index contributed by atoms with van der Waals surface area (Å²) in [6.07, 6.45) is 12.3. The van der Waals surface area contributed by atoms with Crippen molar-refractivity contribution in [1.29, 1.82) is 0 Å². The molecule has 0 amide bonds. The highest BCUT2D eigenvalue weighted by atomic mass is 16.1. The summed E-state index contributed by atoms with van der Waals surface area (Å²) in [6, 6.07) is 0. The lowest BCUT2D eigenvalue weighted by Crippen LogP contribution is -2.13. The summed E-state index contributed by atoms with van der Waals surface area (Å²) in [7, 11) is 0. The first kappa shape index (κ1) is 16.2. The van der Waals surface area contributed by atoms with Crippen LogP contribution in [-0.2, 0) is 4.79 Å². The van der Waals surface area contributed by atoms with Crippen LogP contribution in [-0.4, -0.2) is 5.78 Å². The second kappa shape index (κ2) is 8.35. The van der Waals surface area contributed by atoms with Gasteiger partial charge in [0, 0.05) is 5.92 Å². The maximum Gasteiger partial charge on any atom is 0.161 e. The molecule has 0 saturated heterocycles. The molecule has 1 nitrogen and oxygen atoms in total. The van der Waals surface area contributed by atoms with Gasteiger partial charge in [-0.25, -0.2) is 0 Å². The van der Waals surface area contributed by atoms with Crippen LogP contribution in [0.15, 0.2) is 23.8 Å². The summed E-state index contributed by atoms with van der Waals surface area (Å²) in [4.78, 5) is 11.9. The van der Waals surface area contributed by atoms with E-state index in [1.165, 1.54) is 50.5 Å². The molecule has 2 unspecified atom stereocenters. The van der Waals surface area contributed by atoms with E-state index in [4.69, 9.17) is 0 Å². The lowest BCUT2D eigenvalue weighted by Gasteiger charge is -2.16. The lowest BCUT2D eigenvalue weighted by molar-refractivity contribution is -0.118. The quantitative estimate of drug-likeness (QED) is 0.398. The summed E-state index contributed by atoms with van der Waals surface area (Å²) >= 11 is 0. The minimum Gasteiger partial charge on any atom is -0.294 e.